The van der Waals surface area contributed by atoms with Gasteiger partial charge in [0.2, 0.25) is 0 Å². The molecule has 0 saturated carbocycles. The van der Waals surface area contributed by atoms with E-state index in [4.69, 9.17) is 0 Å². The van der Waals surface area contributed by atoms with E-state index in [9.17, 15) is 4.79 Å². The molecule has 2 heterocycles. The first-order chi connectivity index (χ1) is 14.2. The lowest BCUT2D eigenvalue weighted by molar-refractivity contribution is 0.247. The summed E-state index contributed by atoms with van der Waals surface area (Å²) in [6.45, 7) is 2.98. The third kappa shape index (κ3) is 4.47. The summed E-state index contributed by atoms with van der Waals surface area (Å²) in [5.74, 6) is 1.90. The van der Waals surface area contributed by atoms with Gasteiger partial charge in [0.15, 0.2) is 5.82 Å². The normalized spacial score (nSPS) is 14.5. The molecule has 0 unspecified atom stereocenters. The fourth-order valence-electron chi connectivity index (χ4n) is 3.82. The van der Waals surface area contributed by atoms with Gasteiger partial charge in [-0.3, -0.25) is 0 Å². The van der Waals surface area contributed by atoms with Crippen molar-refractivity contribution < 1.29 is 4.79 Å². The van der Waals surface area contributed by atoms with Gasteiger partial charge in [-0.1, -0.05) is 55.8 Å². The minimum atomic E-state index is -0.227. The second kappa shape index (κ2) is 8.90. The van der Waals surface area contributed by atoms with Crippen LogP contribution in [0, 0.1) is 0 Å². The highest BCUT2D eigenvalue weighted by molar-refractivity contribution is 5.89. The number of nitrogens with zero attached hydrogens (tertiary/aromatic N) is 3. The third-order valence-electron chi connectivity index (χ3n) is 5.41. The smallest absolute Gasteiger partial charge is 0.319 e. The van der Waals surface area contributed by atoms with Crippen LogP contribution in [0.3, 0.4) is 0 Å². The van der Waals surface area contributed by atoms with Gasteiger partial charge in [0.1, 0.15) is 5.82 Å². The number of urea groups is 1. The average molecular weight is 390 g/mol. The van der Waals surface area contributed by atoms with Gasteiger partial charge >= 0.3 is 6.03 Å². The van der Waals surface area contributed by atoms with Gasteiger partial charge < -0.3 is 15.2 Å². The van der Waals surface area contributed by atoms with Gasteiger partial charge in [-0.25, -0.2) is 4.79 Å². The molecule has 1 atom stereocenters. The van der Waals surface area contributed by atoms with Gasteiger partial charge in [-0.15, -0.1) is 10.2 Å². The topological polar surface area (TPSA) is 71.8 Å². The molecule has 150 valence electrons. The Morgan fingerprint density at radius 2 is 1.76 bits per heavy atom. The van der Waals surface area contributed by atoms with Crippen molar-refractivity contribution in [2.75, 3.05) is 5.32 Å². The molecule has 0 radical (unpaired) electrons. The van der Waals surface area contributed by atoms with E-state index in [0.717, 1.165) is 60.7 Å². The SMILES string of the molecule is CC[C@@H](NC(=O)Nc1ccc(-c2ccccc2)cc1)c1nnc2n1CCCCC2. The molecule has 0 fully saturated rings. The number of carbonyl (C=O) groups is 1. The molecule has 1 aromatic heterocycles. The number of aryl methyl sites for hydroxylation is 1. The van der Waals surface area contributed by atoms with Crippen LogP contribution in [0.5, 0.6) is 0 Å². The molecular weight excluding hydrogens is 362 g/mol. The van der Waals surface area contributed by atoms with Crippen LogP contribution in [0.25, 0.3) is 11.1 Å². The summed E-state index contributed by atoms with van der Waals surface area (Å²) in [4.78, 5) is 12.6. The maximum Gasteiger partial charge on any atom is 0.319 e. The number of rotatable bonds is 5. The van der Waals surface area contributed by atoms with Crippen LogP contribution in [0.2, 0.25) is 0 Å². The monoisotopic (exact) mass is 389 g/mol. The molecule has 0 aliphatic carbocycles. The highest BCUT2D eigenvalue weighted by atomic mass is 16.2. The van der Waals surface area contributed by atoms with Crippen LogP contribution in [0.15, 0.2) is 54.6 Å². The summed E-state index contributed by atoms with van der Waals surface area (Å²) in [6, 6.07) is 17.7. The molecule has 1 aliphatic rings. The Bertz CT molecular complexity index is 949. The predicted octanol–water partition coefficient (Wildman–Crippen LogP) is 4.94. The Kier molecular flexibility index (Phi) is 5.89. The Morgan fingerprint density at radius 1 is 1.00 bits per heavy atom. The van der Waals surface area contributed by atoms with Crippen LogP contribution in [0.4, 0.5) is 10.5 Å². The van der Waals surface area contributed by atoms with E-state index in [1.165, 1.54) is 6.42 Å². The summed E-state index contributed by atoms with van der Waals surface area (Å²) in [6.07, 6.45) is 5.23. The van der Waals surface area contributed by atoms with E-state index in [0.29, 0.717) is 0 Å². The molecule has 4 rings (SSSR count). The van der Waals surface area contributed by atoms with Crippen molar-refractivity contribution in [3.8, 4) is 11.1 Å². The molecule has 1 aliphatic heterocycles. The summed E-state index contributed by atoms with van der Waals surface area (Å²) in [5, 5.41) is 14.7. The van der Waals surface area contributed by atoms with E-state index in [-0.39, 0.29) is 12.1 Å². The number of carbonyl (C=O) groups excluding carboxylic acids is 1. The molecule has 6 nitrogen and oxygen atoms in total. The molecule has 29 heavy (non-hydrogen) atoms. The lowest BCUT2D eigenvalue weighted by Crippen LogP contribution is -2.34. The zero-order valence-corrected chi connectivity index (χ0v) is 16.8. The second-order valence-electron chi connectivity index (χ2n) is 7.44. The molecule has 3 aromatic rings. The van der Waals surface area contributed by atoms with E-state index in [2.05, 4.69) is 44.5 Å². The number of anilines is 1. The number of nitrogens with one attached hydrogen (secondary N) is 2. The zero-order chi connectivity index (χ0) is 20.1. The fraction of sp³-hybridized carbons (Fsp3) is 0.348. The van der Waals surface area contributed by atoms with Crippen LogP contribution in [-0.2, 0) is 13.0 Å². The Morgan fingerprint density at radius 3 is 2.52 bits per heavy atom. The van der Waals surface area contributed by atoms with Gasteiger partial charge in [0.05, 0.1) is 6.04 Å². The Hall–Kier alpha value is -3.15. The Labute approximate surface area is 171 Å². The summed E-state index contributed by atoms with van der Waals surface area (Å²) in [5.41, 5.74) is 3.04. The predicted molar refractivity (Wildman–Crippen MR) is 115 cm³/mol. The van der Waals surface area contributed by atoms with E-state index in [1.54, 1.807) is 0 Å². The van der Waals surface area contributed by atoms with E-state index >= 15 is 0 Å². The fourth-order valence-corrected chi connectivity index (χ4v) is 3.82. The largest absolute Gasteiger partial charge is 0.328 e. The van der Waals surface area contributed by atoms with Gasteiger partial charge in [0.25, 0.3) is 0 Å². The minimum Gasteiger partial charge on any atom is -0.328 e. The highest BCUT2D eigenvalue weighted by Gasteiger charge is 2.22. The van der Waals surface area contributed by atoms with E-state index < -0.39 is 0 Å². The lowest BCUT2D eigenvalue weighted by Gasteiger charge is -2.18. The molecule has 0 spiro atoms. The van der Waals surface area contributed by atoms with Crippen molar-refractivity contribution >= 4 is 11.7 Å². The molecule has 6 heteroatoms. The minimum absolute atomic E-state index is 0.155. The molecular formula is C23H27N5O. The maximum atomic E-state index is 12.6. The van der Waals surface area contributed by atoms with Crippen molar-refractivity contribution in [2.24, 2.45) is 0 Å². The van der Waals surface area contributed by atoms with Gasteiger partial charge in [-0.2, -0.15) is 0 Å². The first-order valence-electron chi connectivity index (χ1n) is 10.4. The lowest BCUT2D eigenvalue weighted by atomic mass is 10.1. The Balaban J connectivity index is 1.41. The number of fused-ring (bicyclic) bond motifs is 1. The second-order valence-corrected chi connectivity index (χ2v) is 7.44. The number of benzene rings is 2. The van der Waals surface area contributed by atoms with Crippen molar-refractivity contribution in [2.45, 2.75) is 51.6 Å². The quantitative estimate of drug-likeness (QED) is 0.649. The third-order valence-corrected chi connectivity index (χ3v) is 5.41. The number of amides is 2. The maximum absolute atomic E-state index is 12.6. The summed E-state index contributed by atoms with van der Waals surface area (Å²) < 4.78 is 2.19. The van der Waals surface area contributed by atoms with Gasteiger partial charge in [-0.05, 0) is 42.5 Å². The van der Waals surface area contributed by atoms with Crippen molar-refractivity contribution in [1.82, 2.24) is 20.1 Å². The standard InChI is InChI=1S/C23H27N5O/c1-2-20(22-27-26-21-11-7-4-8-16-28(21)22)25-23(29)24-19-14-12-18(13-15-19)17-9-5-3-6-10-17/h3,5-6,9-10,12-15,20H,2,4,7-8,11,16H2,1H3,(H2,24,25,29)/t20-/m1/s1. The van der Waals surface area contributed by atoms with Crippen LogP contribution in [0.1, 0.15) is 50.3 Å². The van der Waals surface area contributed by atoms with Crippen molar-refractivity contribution in [3.05, 3.63) is 66.2 Å². The molecule has 0 saturated heterocycles. The van der Waals surface area contributed by atoms with Gasteiger partial charge in [0, 0.05) is 18.7 Å². The molecule has 2 amide bonds. The first kappa shape index (κ1) is 19.2. The number of hydrogen-bond acceptors (Lipinski definition) is 3. The average Bonchev–Trinajstić information content (AvgIpc) is 3.01. The van der Waals surface area contributed by atoms with Crippen LogP contribution >= 0.6 is 0 Å². The number of aromatic nitrogens is 3. The molecule has 2 aromatic carbocycles. The van der Waals surface area contributed by atoms with Crippen LogP contribution in [-0.4, -0.2) is 20.8 Å². The zero-order valence-electron chi connectivity index (χ0n) is 16.8. The highest BCUT2D eigenvalue weighted by Crippen LogP contribution is 2.22. The summed E-state index contributed by atoms with van der Waals surface area (Å²) >= 11 is 0. The molecule has 2 N–H and O–H groups in total. The van der Waals surface area contributed by atoms with Crippen molar-refractivity contribution in [1.29, 1.82) is 0 Å². The molecule has 0 bridgehead atoms. The van der Waals surface area contributed by atoms with Crippen molar-refractivity contribution in [3.63, 3.8) is 0 Å². The van der Waals surface area contributed by atoms with Crippen LogP contribution < -0.4 is 10.6 Å². The summed E-state index contributed by atoms with van der Waals surface area (Å²) in [7, 11) is 0. The first-order valence-corrected chi connectivity index (χ1v) is 10.4. The number of hydrogen-bond donors (Lipinski definition) is 2. The van der Waals surface area contributed by atoms with E-state index in [1.807, 2.05) is 42.5 Å².